The molecule has 0 amide bonds. The van der Waals surface area contributed by atoms with Crippen LogP contribution in [-0.2, 0) is 0 Å². The topological polar surface area (TPSA) is 77.8 Å². The molecule has 6 aliphatic rings. The average molecular weight is 1810 g/mol. The third kappa shape index (κ3) is 11.4. The molecule has 0 saturated carbocycles. The van der Waals surface area contributed by atoms with Crippen LogP contribution in [0.25, 0.3) is 287 Å². The lowest BCUT2D eigenvalue weighted by atomic mass is 9.87. The van der Waals surface area contributed by atoms with Crippen LogP contribution in [0.1, 0.15) is 0 Å². The number of hydrogen-bond donors (Lipinski definition) is 0. The predicted octanol–water partition coefficient (Wildman–Crippen LogP) is 36.2. The van der Waals surface area contributed by atoms with Crippen molar-refractivity contribution in [3.63, 3.8) is 0 Å². The first-order valence-electron chi connectivity index (χ1n) is 43.2. The van der Waals surface area contributed by atoms with E-state index in [-0.39, 0.29) is 11.1 Å². The second-order valence-electron chi connectivity index (χ2n) is 33.7. The summed E-state index contributed by atoms with van der Waals surface area (Å²) in [4.78, 5) is 17.8. The Morgan fingerprint density at radius 2 is 0.462 bits per heavy atom. The van der Waals surface area contributed by atoms with E-state index in [0.29, 0.717) is 11.1 Å². The molecular weight excluding hydrogens is 1750 g/mol. The van der Waals surface area contributed by atoms with Crippen molar-refractivity contribution in [3.05, 3.63) is 376 Å². The van der Waals surface area contributed by atoms with E-state index in [0.717, 1.165) is 164 Å². The second-order valence-corrected chi connectivity index (χ2v) is 40.2. The molecule has 18 aromatic carbocycles. The van der Waals surface area contributed by atoms with Crippen molar-refractivity contribution in [3.8, 4) is 122 Å². The lowest BCUT2D eigenvalue weighted by molar-refractivity contribution is 0.603. The molecule has 618 valence electrons. The van der Waals surface area contributed by atoms with Crippen molar-refractivity contribution in [1.82, 2.24) is 19.9 Å². The summed E-state index contributed by atoms with van der Waals surface area (Å²) in [5.41, 5.74) is 26.8. The largest absolute Gasteiger partial charge is 0.455 e. The summed E-state index contributed by atoms with van der Waals surface area (Å²) in [5.74, 6) is -1.94. The van der Waals surface area contributed by atoms with E-state index < -0.39 is 23.3 Å². The number of halogens is 4. The average Bonchev–Trinajstić information content (AvgIpc) is 0.883. The molecular formula is C116H58F4N4O2S6. The summed E-state index contributed by atoms with van der Waals surface area (Å²) in [6, 6.07) is 102. The van der Waals surface area contributed by atoms with Crippen LogP contribution in [0.15, 0.2) is 362 Å². The molecule has 0 aliphatic carbocycles. The third-order valence-corrected chi connectivity index (χ3v) is 33.2. The van der Waals surface area contributed by atoms with Crippen LogP contribution >= 0.6 is 68.0 Å². The van der Waals surface area contributed by atoms with Gasteiger partial charge in [-0.05, 0) is 235 Å². The molecule has 0 N–H and O–H groups in total. The Balaban J connectivity index is 0.0000000998. The molecule has 16 heteroatoms. The van der Waals surface area contributed by atoms with Crippen LogP contribution in [0, 0.1) is 23.3 Å². The van der Waals surface area contributed by atoms with Gasteiger partial charge in [-0.2, -0.15) is 0 Å². The van der Waals surface area contributed by atoms with Crippen molar-refractivity contribution in [1.29, 1.82) is 0 Å². The van der Waals surface area contributed by atoms with Gasteiger partial charge < -0.3 is 8.83 Å². The highest BCUT2D eigenvalue weighted by atomic mass is 32.1. The Morgan fingerprint density at radius 1 is 0.189 bits per heavy atom. The van der Waals surface area contributed by atoms with Crippen LogP contribution < -0.4 is 0 Å². The summed E-state index contributed by atoms with van der Waals surface area (Å²) < 4.78 is 85.7. The van der Waals surface area contributed by atoms with Crippen molar-refractivity contribution >= 4 is 233 Å². The van der Waals surface area contributed by atoms with Gasteiger partial charge in [-0.1, -0.05) is 146 Å². The van der Waals surface area contributed by atoms with Gasteiger partial charge in [0.1, 0.15) is 45.6 Å². The third-order valence-electron chi connectivity index (χ3n) is 26.6. The maximum atomic E-state index is 15.0. The fraction of sp³-hybridized carbons (Fsp3) is 0. The SMILES string of the molecule is Fc1ccc(F)c(-c2cc3sc4cccc5c(-c6cc(F)ccc6F)cc6sc7cccc2c7c3-c6c45)c1.c1cc2sc3cc(-c4cncc(-c5ccncc5)c4)c4cccc5sc6cc(-c7cncc(-c8ccncc8)c7)c(c1)c2c6-c3c54.c1ccc2c(c1)oc1c(-c3cc4sc5cccc6c(-c7cccc8c7oc7ccccc78)cc7sc8cccc3c8c4-c7c56)cccc12. The molecule has 0 unspecified atom stereocenters. The zero-order valence-electron chi connectivity index (χ0n) is 69.1. The van der Waals surface area contributed by atoms with E-state index >= 15 is 0 Å². The molecule has 0 atom stereocenters. The molecule has 0 bridgehead atoms. The van der Waals surface area contributed by atoms with Crippen LogP contribution in [0.5, 0.6) is 0 Å². The van der Waals surface area contributed by atoms with Crippen molar-refractivity contribution < 1.29 is 26.4 Å². The van der Waals surface area contributed by atoms with E-state index in [4.69, 9.17) is 8.83 Å². The number of para-hydroxylation sites is 4. The molecule has 12 heterocycles. The maximum Gasteiger partial charge on any atom is 0.143 e. The number of benzene rings is 18. The van der Waals surface area contributed by atoms with Gasteiger partial charge >= 0.3 is 0 Å². The Hall–Kier alpha value is -15.2. The van der Waals surface area contributed by atoms with Crippen molar-refractivity contribution in [2.45, 2.75) is 0 Å². The fourth-order valence-electron chi connectivity index (χ4n) is 21.0. The van der Waals surface area contributed by atoms with Gasteiger partial charge in [0, 0.05) is 238 Å². The van der Waals surface area contributed by atoms with Crippen LogP contribution in [0.2, 0.25) is 0 Å². The highest BCUT2D eigenvalue weighted by Gasteiger charge is 2.32. The van der Waals surface area contributed by atoms with Gasteiger partial charge in [-0.15, -0.1) is 68.0 Å². The van der Waals surface area contributed by atoms with Gasteiger partial charge in [0.15, 0.2) is 0 Å². The van der Waals surface area contributed by atoms with E-state index in [9.17, 15) is 17.6 Å². The number of pyridine rings is 4. The zero-order chi connectivity index (χ0) is 87.0. The van der Waals surface area contributed by atoms with E-state index in [2.05, 4.69) is 202 Å². The predicted molar refractivity (Wildman–Crippen MR) is 549 cm³/mol. The van der Waals surface area contributed by atoms with E-state index in [1.165, 1.54) is 137 Å². The lowest BCUT2D eigenvalue weighted by Crippen LogP contribution is -1.96. The van der Waals surface area contributed by atoms with Crippen LogP contribution in [0.3, 0.4) is 0 Å². The Bertz CT molecular complexity index is 9340. The first kappa shape index (κ1) is 75.7. The monoisotopic (exact) mass is 1810 g/mol. The number of nitrogens with zero attached hydrogens (tertiary/aromatic N) is 4. The number of aromatic nitrogens is 4. The van der Waals surface area contributed by atoms with Gasteiger partial charge in [-0.25, -0.2) is 17.6 Å². The van der Waals surface area contributed by atoms with Gasteiger partial charge in [0.25, 0.3) is 0 Å². The van der Waals surface area contributed by atoms with Gasteiger partial charge in [0.2, 0.25) is 0 Å². The normalized spacial score (nSPS) is 12.2. The van der Waals surface area contributed by atoms with E-state index in [1.807, 2.05) is 180 Å². The van der Waals surface area contributed by atoms with Crippen molar-refractivity contribution in [2.24, 2.45) is 0 Å². The number of furan rings is 2. The summed E-state index contributed by atoms with van der Waals surface area (Å²) in [6.07, 6.45) is 15.2. The smallest absolute Gasteiger partial charge is 0.143 e. The molecule has 6 aliphatic heterocycles. The molecule has 132 heavy (non-hydrogen) atoms. The molecule has 0 spiro atoms. The standard InChI is InChI=1S/C44H22O2S2.C40H22N4S2.C32H14F4S2/c1-3-17-33-23(9-1)27-13-5-15-29(43(27)45-33)31-21-37-41-39-25(31)11-7-19-35(39)48-38-22-32(26-12-8-20-36(47-37)40(26)42(38)41)30-16-6-14-28-24-10-2-4-18-34(24)46-44(28)30;1-3-29-31(27-15-25(19-43-21-27)23-7-11-41-12-8-23)17-36-39-37(29)33(5-1)45-35-18-32(30-4-2-6-34(46-36)38(30)40(35)39)28-16-26(20-44-22-28)24-9-13-42-14-10-24;33-15-7-9-23(35)21(11-15)19-13-28-31-29-17(19)3-1-5-25(29)37-27-14-20(22-12-16(34)8-10-24(22)36)18-4-2-6-26(38-28)30(18)32(27)31/h1-22H;1-22H;1-14H. The minimum Gasteiger partial charge on any atom is -0.455 e. The number of hydrogen-bond acceptors (Lipinski definition) is 12. The van der Waals surface area contributed by atoms with Crippen LogP contribution in [-0.4, -0.2) is 19.9 Å². The van der Waals surface area contributed by atoms with Crippen LogP contribution in [0.4, 0.5) is 17.6 Å². The molecule has 0 radical (unpaired) electrons. The fourth-order valence-corrected chi connectivity index (χ4v) is 28.1. The quantitative estimate of drug-likeness (QED) is 0.0857. The Morgan fingerprint density at radius 3 is 0.795 bits per heavy atom. The first-order valence-corrected chi connectivity index (χ1v) is 48.1. The van der Waals surface area contributed by atoms with Crippen molar-refractivity contribution in [2.75, 3.05) is 0 Å². The maximum absolute atomic E-state index is 15.0. The summed E-state index contributed by atoms with van der Waals surface area (Å²) in [7, 11) is 0. The molecule has 6 nitrogen and oxygen atoms in total. The van der Waals surface area contributed by atoms with E-state index in [1.54, 1.807) is 22.7 Å². The molecule has 0 fully saturated rings. The molecule has 0 saturated heterocycles. The summed E-state index contributed by atoms with van der Waals surface area (Å²) in [6.45, 7) is 0. The number of rotatable bonds is 8. The molecule has 24 aromatic rings. The lowest BCUT2D eigenvalue weighted by Gasteiger charge is -2.23. The minimum atomic E-state index is -0.493. The summed E-state index contributed by atoms with van der Waals surface area (Å²) >= 11 is 10.7. The highest BCUT2D eigenvalue weighted by molar-refractivity contribution is 7.29. The Kier molecular flexibility index (Phi) is 16.7. The first-order chi connectivity index (χ1) is 65.1. The molecule has 6 aromatic heterocycles. The Labute approximate surface area is 771 Å². The minimum absolute atomic E-state index is 0.224. The highest BCUT2D eigenvalue weighted by Crippen LogP contribution is 2.61. The summed E-state index contributed by atoms with van der Waals surface area (Å²) in [5, 5.41) is 18.7. The van der Waals surface area contributed by atoms with Gasteiger partial charge in [0.05, 0.1) is 0 Å². The number of fused-ring (bicyclic) bond motifs is 6. The second kappa shape index (κ2) is 29.1. The molecule has 30 rings (SSSR count). The van der Waals surface area contributed by atoms with Gasteiger partial charge in [-0.3, -0.25) is 19.9 Å². The zero-order valence-corrected chi connectivity index (χ0v) is 74.0.